The second-order valence-corrected chi connectivity index (χ2v) is 7.99. The van der Waals surface area contributed by atoms with Crippen LogP contribution in [0.3, 0.4) is 0 Å². The highest BCUT2D eigenvalue weighted by atomic mass is 32.2. The summed E-state index contributed by atoms with van der Waals surface area (Å²) in [6.45, 7) is 4.08. The fraction of sp³-hybridized carbons (Fsp3) is 0.727. The molecule has 1 aromatic heterocycles. The molecule has 96 valence electrons. The smallest absolute Gasteiger partial charge is 0.152 e. The molecule has 1 atom stereocenters. The summed E-state index contributed by atoms with van der Waals surface area (Å²) in [6.07, 6.45) is 3.30. The van der Waals surface area contributed by atoms with Crippen LogP contribution in [0.25, 0.3) is 0 Å². The van der Waals surface area contributed by atoms with Gasteiger partial charge in [0.25, 0.3) is 0 Å². The summed E-state index contributed by atoms with van der Waals surface area (Å²) in [4.78, 5) is 4.32. The summed E-state index contributed by atoms with van der Waals surface area (Å²) in [5, 5.41) is 6.22. The molecule has 0 bridgehead atoms. The zero-order valence-corrected chi connectivity index (χ0v) is 11.8. The molecule has 1 saturated heterocycles. The lowest BCUT2D eigenvalue weighted by Crippen LogP contribution is -2.53. The Morgan fingerprint density at radius 1 is 1.53 bits per heavy atom. The number of thiazole rings is 1. The summed E-state index contributed by atoms with van der Waals surface area (Å²) in [6, 6.07) is 0.243. The lowest BCUT2D eigenvalue weighted by Gasteiger charge is -2.37. The van der Waals surface area contributed by atoms with Gasteiger partial charge in [-0.15, -0.1) is 11.3 Å². The molecule has 0 aliphatic carbocycles. The number of sulfone groups is 1. The van der Waals surface area contributed by atoms with Gasteiger partial charge < -0.3 is 5.32 Å². The van der Waals surface area contributed by atoms with Crippen molar-refractivity contribution in [3.8, 4) is 0 Å². The van der Waals surface area contributed by atoms with Crippen molar-refractivity contribution in [1.29, 1.82) is 0 Å². The zero-order chi connectivity index (χ0) is 12.5. The maximum Gasteiger partial charge on any atom is 0.152 e. The molecule has 4 nitrogen and oxygen atoms in total. The van der Waals surface area contributed by atoms with Gasteiger partial charge in [-0.25, -0.2) is 13.4 Å². The topological polar surface area (TPSA) is 59.1 Å². The van der Waals surface area contributed by atoms with E-state index in [1.807, 2.05) is 19.2 Å². The van der Waals surface area contributed by atoms with Crippen molar-refractivity contribution in [3.63, 3.8) is 0 Å². The van der Waals surface area contributed by atoms with Gasteiger partial charge in [0, 0.05) is 17.6 Å². The molecule has 1 aliphatic rings. The van der Waals surface area contributed by atoms with Crippen molar-refractivity contribution in [3.05, 3.63) is 16.6 Å². The highest BCUT2D eigenvalue weighted by Crippen LogP contribution is 2.34. The van der Waals surface area contributed by atoms with E-state index in [0.717, 1.165) is 11.4 Å². The van der Waals surface area contributed by atoms with Crippen LogP contribution in [0.1, 0.15) is 31.7 Å². The van der Waals surface area contributed by atoms with E-state index in [0.29, 0.717) is 12.2 Å². The van der Waals surface area contributed by atoms with E-state index in [4.69, 9.17) is 0 Å². The molecule has 6 heteroatoms. The molecular formula is C11H18N2O2S2. The van der Waals surface area contributed by atoms with Crippen molar-refractivity contribution in [2.24, 2.45) is 0 Å². The standard InChI is InChI=1S/C11H18N2O2S2/c1-9(2)13-11(10-12-5-6-16-10)4-3-7-17(14,15)8-11/h5-6,9,13H,3-4,7-8H2,1-2H3. The molecule has 0 saturated carbocycles. The van der Waals surface area contributed by atoms with E-state index in [1.54, 1.807) is 6.20 Å². The zero-order valence-electron chi connectivity index (χ0n) is 10.1. The molecule has 0 spiro atoms. The molecule has 2 heterocycles. The van der Waals surface area contributed by atoms with E-state index in [9.17, 15) is 8.42 Å². The number of nitrogens with one attached hydrogen (secondary N) is 1. The van der Waals surface area contributed by atoms with Gasteiger partial charge in [0.05, 0.1) is 17.0 Å². The van der Waals surface area contributed by atoms with Gasteiger partial charge in [-0.3, -0.25) is 0 Å². The van der Waals surface area contributed by atoms with Crippen LogP contribution in [0.2, 0.25) is 0 Å². The van der Waals surface area contributed by atoms with Gasteiger partial charge in [0.2, 0.25) is 0 Å². The minimum atomic E-state index is -2.96. The van der Waals surface area contributed by atoms with E-state index in [2.05, 4.69) is 10.3 Å². The first-order valence-electron chi connectivity index (χ1n) is 5.82. The first-order chi connectivity index (χ1) is 7.94. The van der Waals surface area contributed by atoms with E-state index < -0.39 is 15.4 Å². The fourth-order valence-corrected chi connectivity index (χ4v) is 5.24. The van der Waals surface area contributed by atoms with Gasteiger partial charge in [-0.1, -0.05) is 0 Å². The summed E-state index contributed by atoms with van der Waals surface area (Å²) in [7, 11) is -2.96. The summed E-state index contributed by atoms with van der Waals surface area (Å²) < 4.78 is 23.8. The molecule has 0 aromatic carbocycles. The van der Waals surface area contributed by atoms with Gasteiger partial charge in [0.15, 0.2) is 9.84 Å². The van der Waals surface area contributed by atoms with E-state index in [1.165, 1.54) is 11.3 Å². The average Bonchev–Trinajstić information content (AvgIpc) is 2.67. The third kappa shape index (κ3) is 2.86. The maximum atomic E-state index is 11.9. The number of rotatable bonds is 3. The minimum absolute atomic E-state index is 0.172. The average molecular weight is 274 g/mol. The number of hydrogen-bond donors (Lipinski definition) is 1. The Morgan fingerprint density at radius 3 is 2.82 bits per heavy atom. The van der Waals surface area contributed by atoms with E-state index >= 15 is 0 Å². The number of nitrogens with zero attached hydrogens (tertiary/aromatic N) is 1. The second kappa shape index (κ2) is 4.66. The first kappa shape index (κ1) is 13.0. The Kier molecular flexibility index (Phi) is 3.56. The van der Waals surface area contributed by atoms with Crippen molar-refractivity contribution in [2.45, 2.75) is 38.3 Å². The molecule has 1 aromatic rings. The summed E-state index contributed by atoms with van der Waals surface area (Å²) in [5.41, 5.74) is -0.473. The van der Waals surface area contributed by atoms with Gasteiger partial charge in [0.1, 0.15) is 5.01 Å². The Balaban J connectivity index is 2.37. The third-order valence-corrected chi connectivity index (χ3v) is 5.75. The van der Waals surface area contributed by atoms with Crippen LogP contribution in [-0.2, 0) is 15.4 Å². The van der Waals surface area contributed by atoms with Crippen LogP contribution < -0.4 is 5.32 Å². The van der Waals surface area contributed by atoms with Gasteiger partial charge in [-0.2, -0.15) is 0 Å². The van der Waals surface area contributed by atoms with Crippen LogP contribution in [0.5, 0.6) is 0 Å². The predicted octanol–water partition coefficient (Wildman–Crippen LogP) is 1.55. The maximum absolute atomic E-state index is 11.9. The Bertz CT molecular complexity index is 468. The predicted molar refractivity (Wildman–Crippen MR) is 70.0 cm³/mol. The lowest BCUT2D eigenvalue weighted by molar-refractivity contribution is 0.300. The van der Waals surface area contributed by atoms with Crippen molar-refractivity contribution < 1.29 is 8.42 Å². The normalized spacial score (nSPS) is 28.4. The van der Waals surface area contributed by atoms with Gasteiger partial charge in [-0.05, 0) is 26.7 Å². The largest absolute Gasteiger partial charge is 0.302 e. The Hall–Kier alpha value is -0.460. The summed E-state index contributed by atoms with van der Waals surface area (Å²) >= 11 is 1.53. The molecular weight excluding hydrogens is 256 g/mol. The molecule has 2 rings (SSSR count). The molecule has 17 heavy (non-hydrogen) atoms. The summed E-state index contributed by atoms with van der Waals surface area (Å²) in [5.74, 6) is 0.478. The van der Waals surface area contributed by atoms with Crippen LogP contribution in [0.15, 0.2) is 11.6 Å². The molecule has 0 amide bonds. The molecule has 0 radical (unpaired) electrons. The number of aromatic nitrogens is 1. The molecule has 1 aliphatic heterocycles. The third-order valence-electron chi connectivity index (χ3n) is 2.93. The quantitative estimate of drug-likeness (QED) is 0.908. The highest BCUT2D eigenvalue weighted by Gasteiger charge is 2.42. The van der Waals surface area contributed by atoms with Crippen molar-refractivity contribution in [1.82, 2.24) is 10.3 Å². The minimum Gasteiger partial charge on any atom is -0.302 e. The molecule has 1 unspecified atom stereocenters. The van der Waals surface area contributed by atoms with Crippen molar-refractivity contribution >= 4 is 21.2 Å². The SMILES string of the molecule is CC(C)NC1(c2nccs2)CCCS(=O)(=O)C1. The Labute approximate surface area is 106 Å². The van der Waals surface area contributed by atoms with Crippen LogP contribution in [0.4, 0.5) is 0 Å². The highest BCUT2D eigenvalue weighted by molar-refractivity contribution is 7.91. The monoisotopic (exact) mass is 274 g/mol. The first-order valence-corrected chi connectivity index (χ1v) is 8.52. The second-order valence-electron chi connectivity index (χ2n) is 4.91. The molecule has 1 fully saturated rings. The Morgan fingerprint density at radius 2 is 2.29 bits per heavy atom. The molecule has 1 N–H and O–H groups in total. The van der Waals surface area contributed by atoms with Crippen molar-refractivity contribution in [2.75, 3.05) is 11.5 Å². The van der Waals surface area contributed by atoms with Crippen LogP contribution in [0, 0.1) is 0 Å². The van der Waals surface area contributed by atoms with Crippen LogP contribution >= 0.6 is 11.3 Å². The van der Waals surface area contributed by atoms with Gasteiger partial charge >= 0.3 is 0 Å². The van der Waals surface area contributed by atoms with E-state index in [-0.39, 0.29) is 11.8 Å². The van der Waals surface area contributed by atoms with Crippen LogP contribution in [-0.4, -0.2) is 30.9 Å². The fourth-order valence-electron chi connectivity index (χ4n) is 2.47. The lowest BCUT2D eigenvalue weighted by atomic mass is 9.95. The number of hydrogen-bond acceptors (Lipinski definition) is 5.